The van der Waals surface area contributed by atoms with Crippen LogP contribution in [0.5, 0.6) is 0 Å². The van der Waals surface area contributed by atoms with E-state index in [4.69, 9.17) is 4.42 Å². The number of allylic oxidation sites excluding steroid dienone is 1. The number of benzene rings is 6. The van der Waals surface area contributed by atoms with Gasteiger partial charge in [0.25, 0.3) is 0 Å². The van der Waals surface area contributed by atoms with Gasteiger partial charge >= 0.3 is 0 Å². The molecular formula is C36H24O. The van der Waals surface area contributed by atoms with E-state index in [9.17, 15) is 0 Å². The molecule has 1 aliphatic rings. The lowest BCUT2D eigenvalue weighted by Crippen LogP contribution is -1.93. The number of hydrogen-bond acceptors (Lipinski definition) is 1. The smallest absolute Gasteiger partial charge is 0.136 e. The molecule has 1 nitrogen and oxygen atoms in total. The van der Waals surface area contributed by atoms with E-state index < -0.39 is 0 Å². The van der Waals surface area contributed by atoms with E-state index in [1.807, 2.05) is 0 Å². The van der Waals surface area contributed by atoms with Crippen LogP contribution >= 0.6 is 0 Å². The zero-order valence-electron chi connectivity index (χ0n) is 20.4. The molecule has 6 aromatic carbocycles. The minimum absolute atomic E-state index is 0.944. The summed E-state index contributed by atoms with van der Waals surface area (Å²) in [5.41, 5.74) is 9.63. The second kappa shape index (κ2) is 7.94. The summed E-state index contributed by atoms with van der Waals surface area (Å²) in [5.74, 6) is 0. The summed E-state index contributed by atoms with van der Waals surface area (Å²) in [6, 6.07) is 39.6. The van der Waals surface area contributed by atoms with Crippen LogP contribution in [-0.4, -0.2) is 0 Å². The molecule has 0 bridgehead atoms. The number of hydrogen-bond donors (Lipinski definition) is 0. The standard InChI is InChI=1S/C36H24O/c1-2-11-23(12-3-1)34-26-15-6-8-17-28(26)35(29-18-9-7-16-27(29)34)30-19-10-20-32-36(30)31-21-24-13-4-5-14-25(24)22-33(31)37-32/h1-3,5-12,14-22H,4,13H2. The van der Waals surface area contributed by atoms with Crippen molar-refractivity contribution in [3.05, 3.63) is 126 Å². The molecule has 0 radical (unpaired) electrons. The molecule has 8 rings (SSSR count). The average molecular weight is 473 g/mol. The second-order valence-corrected chi connectivity index (χ2v) is 9.98. The highest BCUT2D eigenvalue weighted by molar-refractivity contribution is 6.25. The van der Waals surface area contributed by atoms with Gasteiger partial charge in [0.1, 0.15) is 11.2 Å². The van der Waals surface area contributed by atoms with Gasteiger partial charge in [-0.2, -0.15) is 0 Å². The monoisotopic (exact) mass is 472 g/mol. The molecule has 174 valence electrons. The molecule has 0 saturated heterocycles. The summed E-state index contributed by atoms with van der Waals surface area (Å²) in [7, 11) is 0. The first-order valence-corrected chi connectivity index (χ1v) is 13.0. The summed E-state index contributed by atoms with van der Waals surface area (Å²) in [6.07, 6.45) is 6.66. The van der Waals surface area contributed by atoms with Gasteiger partial charge in [-0.3, -0.25) is 0 Å². The fourth-order valence-corrected chi connectivity index (χ4v) is 6.30. The van der Waals surface area contributed by atoms with Crippen molar-refractivity contribution >= 4 is 49.6 Å². The van der Waals surface area contributed by atoms with Crippen molar-refractivity contribution in [1.82, 2.24) is 0 Å². The topological polar surface area (TPSA) is 13.1 Å². The normalized spacial score (nSPS) is 13.1. The Balaban J connectivity index is 1.54. The van der Waals surface area contributed by atoms with Crippen LogP contribution < -0.4 is 0 Å². The van der Waals surface area contributed by atoms with E-state index in [1.54, 1.807) is 0 Å². The molecule has 0 unspecified atom stereocenters. The lowest BCUT2D eigenvalue weighted by Gasteiger charge is -2.18. The van der Waals surface area contributed by atoms with Gasteiger partial charge < -0.3 is 4.42 Å². The summed E-state index contributed by atoms with van der Waals surface area (Å²) in [6.45, 7) is 0. The Bertz CT molecular complexity index is 1960. The highest BCUT2D eigenvalue weighted by atomic mass is 16.3. The molecule has 1 aromatic heterocycles. The zero-order valence-corrected chi connectivity index (χ0v) is 20.4. The van der Waals surface area contributed by atoms with Crippen molar-refractivity contribution in [2.45, 2.75) is 12.8 Å². The molecule has 0 saturated carbocycles. The van der Waals surface area contributed by atoms with Crippen LogP contribution in [0.2, 0.25) is 0 Å². The first-order chi connectivity index (χ1) is 18.4. The Morgan fingerprint density at radius 2 is 1.22 bits per heavy atom. The minimum Gasteiger partial charge on any atom is -0.456 e. The molecular weight excluding hydrogens is 448 g/mol. The predicted octanol–water partition coefficient (Wildman–Crippen LogP) is 10.2. The van der Waals surface area contributed by atoms with Crippen molar-refractivity contribution in [2.75, 3.05) is 0 Å². The summed E-state index contributed by atoms with van der Waals surface area (Å²) in [4.78, 5) is 0. The van der Waals surface area contributed by atoms with Crippen LogP contribution in [0.4, 0.5) is 0 Å². The molecule has 0 atom stereocenters. The zero-order chi connectivity index (χ0) is 24.3. The highest BCUT2D eigenvalue weighted by Gasteiger charge is 2.20. The Kier molecular flexibility index (Phi) is 4.41. The van der Waals surface area contributed by atoms with Crippen molar-refractivity contribution in [3.8, 4) is 22.3 Å². The van der Waals surface area contributed by atoms with Crippen molar-refractivity contribution in [3.63, 3.8) is 0 Å². The number of furan rings is 1. The van der Waals surface area contributed by atoms with E-state index >= 15 is 0 Å². The summed E-state index contributed by atoms with van der Waals surface area (Å²) < 4.78 is 6.46. The van der Waals surface area contributed by atoms with Crippen LogP contribution in [0.3, 0.4) is 0 Å². The van der Waals surface area contributed by atoms with Crippen LogP contribution in [0, 0.1) is 0 Å². The number of fused-ring (bicyclic) bond motifs is 6. The van der Waals surface area contributed by atoms with Gasteiger partial charge in [0.2, 0.25) is 0 Å². The van der Waals surface area contributed by atoms with Crippen LogP contribution in [0.15, 0.2) is 120 Å². The molecule has 37 heavy (non-hydrogen) atoms. The van der Waals surface area contributed by atoms with Crippen molar-refractivity contribution in [1.29, 1.82) is 0 Å². The summed E-state index contributed by atoms with van der Waals surface area (Å²) in [5, 5.41) is 7.49. The van der Waals surface area contributed by atoms with Crippen molar-refractivity contribution in [2.24, 2.45) is 0 Å². The summed E-state index contributed by atoms with van der Waals surface area (Å²) >= 11 is 0. The maximum atomic E-state index is 6.46. The Morgan fingerprint density at radius 3 is 1.95 bits per heavy atom. The molecule has 1 heterocycles. The molecule has 0 spiro atoms. The van der Waals surface area contributed by atoms with E-state index in [0.717, 1.165) is 24.0 Å². The van der Waals surface area contributed by atoms with Crippen molar-refractivity contribution < 1.29 is 4.42 Å². The van der Waals surface area contributed by atoms with Crippen LogP contribution in [0.25, 0.3) is 71.8 Å². The highest BCUT2D eigenvalue weighted by Crippen LogP contribution is 2.47. The van der Waals surface area contributed by atoms with E-state index in [-0.39, 0.29) is 0 Å². The lowest BCUT2D eigenvalue weighted by molar-refractivity contribution is 0.668. The third-order valence-electron chi connectivity index (χ3n) is 7.90. The first-order valence-electron chi connectivity index (χ1n) is 13.0. The molecule has 7 aromatic rings. The Morgan fingerprint density at radius 1 is 0.541 bits per heavy atom. The largest absolute Gasteiger partial charge is 0.456 e. The molecule has 1 heteroatoms. The van der Waals surface area contributed by atoms with Gasteiger partial charge in [0.05, 0.1) is 0 Å². The maximum absolute atomic E-state index is 6.46. The van der Waals surface area contributed by atoms with E-state index in [0.29, 0.717) is 0 Å². The lowest BCUT2D eigenvalue weighted by atomic mass is 9.85. The van der Waals surface area contributed by atoms with Gasteiger partial charge in [-0.05, 0) is 86.0 Å². The molecule has 0 N–H and O–H groups in total. The third-order valence-corrected chi connectivity index (χ3v) is 7.90. The predicted molar refractivity (Wildman–Crippen MR) is 157 cm³/mol. The Hall–Kier alpha value is -4.62. The quantitative estimate of drug-likeness (QED) is 0.228. The molecule has 0 amide bonds. The SMILES string of the molecule is C1=Cc2cc3oc4cccc(-c5c6ccccc6c(-c6ccccc6)c6ccccc56)c4c3cc2CC1. The first kappa shape index (κ1) is 20.6. The number of aryl methyl sites for hydroxylation is 1. The Labute approximate surface area is 215 Å². The van der Waals surface area contributed by atoms with Gasteiger partial charge in [0, 0.05) is 10.8 Å². The number of rotatable bonds is 2. The van der Waals surface area contributed by atoms with Crippen LogP contribution in [0.1, 0.15) is 17.5 Å². The van der Waals surface area contributed by atoms with Gasteiger partial charge in [-0.15, -0.1) is 0 Å². The van der Waals surface area contributed by atoms with Gasteiger partial charge in [0.15, 0.2) is 0 Å². The molecule has 0 aliphatic heterocycles. The maximum Gasteiger partial charge on any atom is 0.136 e. The third kappa shape index (κ3) is 3.04. The van der Waals surface area contributed by atoms with Gasteiger partial charge in [-0.25, -0.2) is 0 Å². The molecule has 0 fully saturated rings. The minimum atomic E-state index is 0.944. The fourth-order valence-electron chi connectivity index (χ4n) is 6.30. The second-order valence-electron chi connectivity index (χ2n) is 9.98. The van der Waals surface area contributed by atoms with E-state index in [1.165, 1.54) is 65.7 Å². The van der Waals surface area contributed by atoms with Crippen LogP contribution in [-0.2, 0) is 6.42 Å². The van der Waals surface area contributed by atoms with E-state index in [2.05, 4.69) is 121 Å². The fraction of sp³-hybridized carbons (Fsp3) is 0.0556. The molecule has 1 aliphatic carbocycles. The van der Waals surface area contributed by atoms with Gasteiger partial charge in [-0.1, -0.05) is 103 Å². The average Bonchev–Trinajstić information content (AvgIpc) is 3.32.